The third-order valence-electron chi connectivity index (χ3n) is 1.52. The van der Waals surface area contributed by atoms with E-state index in [2.05, 4.69) is 21.2 Å². The van der Waals surface area contributed by atoms with E-state index in [-0.39, 0.29) is 5.75 Å². The van der Waals surface area contributed by atoms with Gasteiger partial charge in [0, 0.05) is 16.6 Å². The molecule has 2 nitrogen and oxygen atoms in total. The Morgan fingerprint density at radius 2 is 2.25 bits per heavy atom. The second-order valence-corrected chi connectivity index (χ2v) is 3.24. The molecule has 0 aliphatic carbocycles. The molecule has 0 fully saturated rings. The lowest BCUT2D eigenvalue weighted by atomic mass is 10.2. The minimum atomic E-state index is -0.571. The van der Waals surface area contributed by atoms with Crippen molar-refractivity contribution in [2.24, 2.45) is 0 Å². The fourth-order valence-corrected chi connectivity index (χ4v) is 1.37. The summed E-state index contributed by atoms with van der Waals surface area (Å²) in [5.74, 6) is -0.887. The summed E-state index contributed by atoms with van der Waals surface area (Å²) in [6.45, 7) is 0.390. The average molecular weight is 234 g/mol. The van der Waals surface area contributed by atoms with Crippen LogP contribution in [0, 0.1) is 5.82 Å². The number of hydrogen-bond donors (Lipinski definition) is 2. The summed E-state index contributed by atoms with van der Waals surface area (Å²) in [4.78, 5) is 0. The first kappa shape index (κ1) is 9.48. The Kier molecular flexibility index (Phi) is 3.05. The van der Waals surface area contributed by atoms with Crippen LogP contribution in [0.1, 0.15) is 5.56 Å². The smallest absolute Gasteiger partial charge is 0.170 e. The van der Waals surface area contributed by atoms with Gasteiger partial charge in [0.25, 0.3) is 0 Å². The number of hydrogen-bond acceptors (Lipinski definition) is 2. The van der Waals surface area contributed by atoms with Gasteiger partial charge in [-0.15, -0.1) is 0 Å². The highest BCUT2D eigenvalue weighted by Crippen LogP contribution is 2.26. The number of phenols is 1. The average Bonchev–Trinajstić information content (AvgIpc) is 2.06. The summed E-state index contributed by atoms with van der Waals surface area (Å²) in [5.41, 5.74) is 0.442. The van der Waals surface area contributed by atoms with E-state index >= 15 is 0 Å². The van der Waals surface area contributed by atoms with Crippen LogP contribution in [0.4, 0.5) is 4.39 Å². The molecule has 0 amide bonds. The van der Waals surface area contributed by atoms with Crippen molar-refractivity contribution in [2.45, 2.75) is 6.54 Å². The molecule has 1 rings (SSSR count). The van der Waals surface area contributed by atoms with Crippen molar-refractivity contribution in [1.82, 2.24) is 5.32 Å². The zero-order chi connectivity index (χ0) is 9.14. The Balaban J connectivity index is 3.14. The lowest BCUT2D eigenvalue weighted by Crippen LogP contribution is -2.07. The van der Waals surface area contributed by atoms with Gasteiger partial charge in [-0.25, -0.2) is 4.39 Å². The standard InChI is InChI=1S/C8H9BrFNO/c1-11-4-5-6(9)2-3-7(12)8(5)10/h2-3,11-12H,4H2,1H3. The van der Waals surface area contributed by atoms with Crippen LogP contribution in [0.3, 0.4) is 0 Å². The molecule has 0 saturated carbocycles. The van der Waals surface area contributed by atoms with Crippen LogP contribution in [0.2, 0.25) is 0 Å². The summed E-state index contributed by atoms with van der Waals surface area (Å²) in [7, 11) is 1.72. The van der Waals surface area contributed by atoms with Crippen LogP contribution in [-0.4, -0.2) is 12.2 Å². The first-order chi connectivity index (χ1) is 5.66. The number of nitrogens with one attached hydrogen (secondary N) is 1. The third-order valence-corrected chi connectivity index (χ3v) is 2.26. The Bertz CT molecular complexity index is 291. The van der Waals surface area contributed by atoms with Gasteiger partial charge < -0.3 is 10.4 Å². The number of rotatable bonds is 2. The third kappa shape index (κ3) is 1.76. The molecule has 0 saturated heterocycles. The lowest BCUT2D eigenvalue weighted by Gasteiger charge is -2.05. The van der Waals surface area contributed by atoms with Gasteiger partial charge in [-0.3, -0.25) is 0 Å². The van der Waals surface area contributed by atoms with Crippen molar-refractivity contribution in [2.75, 3.05) is 7.05 Å². The molecule has 66 valence electrons. The Labute approximate surface area is 78.5 Å². The van der Waals surface area contributed by atoms with E-state index in [4.69, 9.17) is 5.11 Å². The summed E-state index contributed by atoms with van der Waals surface area (Å²) >= 11 is 3.19. The van der Waals surface area contributed by atoms with Crippen molar-refractivity contribution in [3.63, 3.8) is 0 Å². The highest BCUT2D eigenvalue weighted by atomic mass is 79.9. The molecular weight excluding hydrogens is 225 g/mol. The molecule has 1 aromatic carbocycles. The highest BCUT2D eigenvalue weighted by molar-refractivity contribution is 9.10. The maximum absolute atomic E-state index is 13.1. The molecule has 4 heteroatoms. The minimum absolute atomic E-state index is 0.316. The zero-order valence-corrected chi connectivity index (χ0v) is 8.15. The molecule has 0 bridgehead atoms. The maximum Gasteiger partial charge on any atom is 0.170 e. The normalized spacial score (nSPS) is 10.2. The lowest BCUT2D eigenvalue weighted by molar-refractivity contribution is 0.427. The second-order valence-electron chi connectivity index (χ2n) is 2.39. The van der Waals surface area contributed by atoms with Crippen molar-refractivity contribution >= 4 is 15.9 Å². The van der Waals surface area contributed by atoms with E-state index in [1.54, 1.807) is 13.1 Å². The summed E-state index contributed by atoms with van der Waals surface area (Å²) in [5, 5.41) is 11.8. The van der Waals surface area contributed by atoms with Gasteiger partial charge in [0.1, 0.15) is 0 Å². The largest absolute Gasteiger partial charge is 0.505 e. The minimum Gasteiger partial charge on any atom is -0.505 e. The van der Waals surface area contributed by atoms with E-state index in [0.29, 0.717) is 16.6 Å². The van der Waals surface area contributed by atoms with Gasteiger partial charge in [0.05, 0.1) is 0 Å². The fraction of sp³-hybridized carbons (Fsp3) is 0.250. The molecule has 0 aliphatic rings. The van der Waals surface area contributed by atoms with Crippen LogP contribution in [-0.2, 0) is 6.54 Å². The highest BCUT2D eigenvalue weighted by Gasteiger charge is 2.09. The molecule has 2 N–H and O–H groups in total. The van der Waals surface area contributed by atoms with Gasteiger partial charge in [-0.05, 0) is 19.2 Å². The zero-order valence-electron chi connectivity index (χ0n) is 6.56. The van der Waals surface area contributed by atoms with Crippen molar-refractivity contribution in [1.29, 1.82) is 0 Å². The predicted molar refractivity (Wildman–Crippen MR) is 48.5 cm³/mol. The topological polar surface area (TPSA) is 32.3 Å². The van der Waals surface area contributed by atoms with E-state index in [9.17, 15) is 4.39 Å². The number of halogens is 2. The first-order valence-corrected chi connectivity index (χ1v) is 4.26. The molecule has 0 aliphatic heterocycles. The molecular formula is C8H9BrFNO. The molecule has 0 atom stereocenters. The van der Waals surface area contributed by atoms with Crippen molar-refractivity contribution < 1.29 is 9.50 Å². The van der Waals surface area contributed by atoms with Crippen molar-refractivity contribution in [3.8, 4) is 5.75 Å². The number of benzene rings is 1. The summed E-state index contributed by atoms with van der Waals surface area (Å²) < 4.78 is 13.8. The van der Waals surface area contributed by atoms with E-state index in [1.807, 2.05) is 0 Å². The molecule has 0 aromatic heterocycles. The molecule has 0 spiro atoms. The molecule has 1 aromatic rings. The van der Waals surface area contributed by atoms with Crippen LogP contribution >= 0.6 is 15.9 Å². The van der Waals surface area contributed by atoms with Crippen LogP contribution < -0.4 is 5.32 Å². The van der Waals surface area contributed by atoms with E-state index < -0.39 is 5.82 Å². The Morgan fingerprint density at radius 3 is 2.83 bits per heavy atom. The van der Waals surface area contributed by atoms with Gasteiger partial charge in [0.2, 0.25) is 0 Å². The molecule has 12 heavy (non-hydrogen) atoms. The van der Waals surface area contributed by atoms with Gasteiger partial charge >= 0.3 is 0 Å². The van der Waals surface area contributed by atoms with Crippen LogP contribution in [0.25, 0.3) is 0 Å². The first-order valence-electron chi connectivity index (χ1n) is 3.47. The summed E-state index contributed by atoms with van der Waals surface area (Å²) in [6, 6.07) is 2.93. The quantitative estimate of drug-likeness (QED) is 0.820. The number of aromatic hydroxyl groups is 1. The predicted octanol–water partition coefficient (Wildman–Crippen LogP) is 2.01. The molecule has 0 unspecified atom stereocenters. The summed E-state index contributed by atoms with van der Waals surface area (Å²) in [6.07, 6.45) is 0. The second kappa shape index (κ2) is 3.87. The Morgan fingerprint density at radius 1 is 1.58 bits per heavy atom. The monoisotopic (exact) mass is 233 g/mol. The van der Waals surface area contributed by atoms with E-state index in [1.165, 1.54) is 6.07 Å². The van der Waals surface area contributed by atoms with Gasteiger partial charge in [-0.2, -0.15) is 0 Å². The van der Waals surface area contributed by atoms with Crippen molar-refractivity contribution in [3.05, 3.63) is 28.0 Å². The van der Waals surface area contributed by atoms with Gasteiger partial charge in [0.15, 0.2) is 11.6 Å². The molecule has 0 heterocycles. The SMILES string of the molecule is CNCc1c(Br)ccc(O)c1F. The molecule has 0 radical (unpaired) electrons. The fourth-order valence-electron chi connectivity index (χ4n) is 0.924. The Hall–Kier alpha value is -0.610. The van der Waals surface area contributed by atoms with Crippen LogP contribution in [0.15, 0.2) is 16.6 Å². The number of phenolic OH excluding ortho intramolecular Hbond substituents is 1. The van der Waals surface area contributed by atoms with Gasteiger partial charge in [-0.1, -0.05) is 15.9 Å². The maximum atomic E-state index is 13.1. The van der Waals surface area contributed by atoms with E-state index in [0.717, 1.165) is 0 Å². The van der Waals surface area contributed by atoms with Crippen LogP contribution in [0.5, 0.6) is 5.75 Å².